The van der Waals surface area contributed by atoms with Gasteiger partial charge in [-0.2, -0.15) is 5.10 Å². The molecule has 8 heteroatoms. The van der Waals surface area contributed by atoms with E-state index in [9.17, 15) is 14.4 Å². The molecule has 0 bridgehead atoms. The average molecular weight is 418 g/mol. The lowest BCUT2D eigenvalue weighted by molar-refractivity contribution is 0.0547. The monoisotopic (exact) mass is 418 g/mol. The van der Waals surface area contributed by atoms with Crippen molar-refractivity contribution >= 4 is 40.1 Å². The van der Waals surface area contributed by atoms with Crippen LogP contribution >= 0.6 is 0 Å². The molecule has 0 spiro atoms. The quantitative estimate of drug-likeness (QED) is 0.487. The Labute approximate surface area is 178 Å². The molecule has 8 nitrogen and oxygen atoms in total. The van der Waals surface area contributed by atoms with Gasteiger partial charge >= 0.3 is 6.09 Å². The lowest BCUT2D eigenvalue weighted by atomic mass is 10.1. The number of fused-ring (bicyclic) bond motifs is 2. The first-order valence-corrected chi connectivity index (χ1v) is 9.76. The maximum Gasteiger partial charge on any atom is 0.419 e. The van der Waals surface area contributed by atoms with Crippen molar-refractivity contribution in [2.45, 2.75) is 26.4 Å². The summed E-state index contributed by atoms with van der Waals surface area (Å²) in [5.41, 5.74) is 2.62. The summed E-state index contributed by atoms with van der Waals surface area (Å²) >= 11 is 0. The molecule has 0 radical (unpaired) electrons. The molecule has 0 fully saturated rings. The Balaban J connectivity index is 1.94. The van der Waals surface area contributed by atoms with Crippen LogP contribution in [0.4, 0.5) is 4.79 Å². The van der Waals surface area contributed by atoms with E-state index in [0.717, 1.165) is 11.7 Å². The smallest absolute Gasteiger partial charge is 0.419 e. The minimum absolute atomic E-state index is 0.206. The standard InChI is InChI=1S/C23H22N4O4/c1-23(2,3)31-22(30)27-18-8-5-13(12-28)9-15(18)11-19(27)20-16-7-6-14(21(29)24-4)10-17(16)25-26-20/h5-12H,1-4H3,(H,24,29)(H,25,26). The van der Waals surface area contributed by atoms with Crippen molar-refractivity contribution in [1.82, 2.24) is 20.1 Å². The van der Waals surface area contributed by atoms with E-state index in [0.29, 0.717) is 38.9 Å². The van der Waals surface area contributed by atoms with Crippen molar-refractivity contribution in [2.24, 2.45) is 0 Å². The first kappa shape index (κ1) is 20.3. The number of aromatic amines is 1. The molecule has 0 saturated heterocycles. The van der Waals surface area contributed by atoms with Gasteiger partial charge in [-0.25, -0.2) is 9.36 Å². The number of hydrogen-bond acceptors (Lipinski definition) is 5. The molecule has 4 rings (SSSR count). The minimum Gasteiger partial charge on any atom is -0.443 e. The van der Waals surface area contributed by atoms with Crippen LogP contribution in [0.15, 0.2) is 42.5 Å². The number of rotatable bonds is 3. The van der Waals surface area contributed by atoms with Crippen molar-refractivity contribution in [3.05, 3.63) is 53.6 Å². The van der Waals surface area contributed by atoms with Crippen molar-refractivity contribution in [1.29, 1.82) is 0 Å². The molecule has 2 aromatic heterocycles. The van der Waals surface area contributed by atoms with E-state index in [-0.39, 0.29) is 5.91 Å². The molecular weight excluding hydrogens is 396 g/mol. The number of nitrogens with zero attached hydrogens (tertiary/aromatic N) is 2. The van der Waals surface area contributed by atoms with E-state index >= 15 is 0 Å². The molecule has 2 N–H and O–H groups in total. The molecule has 0 aliphatic carbocycles. The molecule has 2 heterocycles. The van der Waals surface area contributed by atoms with Crippen LogP contribution in [0.1, 0.15) is 41.5 Å². The van der Waals surface area contributed by atoms with E-state index in [2.05, 4.69) is 15.5 Å². The van der Waals surface area contributed by atoms with Crippen LogP contribution in [0.2, 0.25) is 0 Å². The lowest BCUT2D eigenvalue weighted by Crippen LogP contribution is -2.27. The summed E-state index contributed by atoms with van der Waals surface area (Å²) in [4.78, 5) is 36.3. The van der Waals surface area contributed by atoms with Crippen molar-refractivity contribution in [3.8, 4) is 11.4 Å². The number of hydrogen-bond donors (Lipinski definition) is 2. The number of nitrogens with one attached hydrogen (secondary N) is 2. The van der Waals surface area contributed by atoms with Gasteiger partial charge < -0.3 is 10.1 Å². The second kappa shape index (κ2) is 7.39. The zero-order chi connectivity index (χ0) is 22.3. The largest absolute Gasteiger partial charge is 0.443 e. The Morgan fingerprint density at radius 2 is 1.90 bits per heavy atom. The van der Waals surface area contributed by atoms with Gasteiger partial charge in [-0.15, -0.1) is 0 Å². The number of carbonyl (C=O) groups is 3. The van der Waals surface area contributed by atoms with Gasteiger partial charge in [0.05, 0.1) is 16.7 Å². The molecule has 0 aliphatic heterocycles. The fourth-order valence-electron chi connectivity index (χ4n) is 3.49. The molecule has 1 amide bonds. The van der Waals surface area contributed by atoms with Crippen LogP contribution in [-0.2, 0) is 4.74 Å². The molecule has 4 aromatic rings. The number of H-pyrrole nitrogens is 1. The van der Waals surface area contributed by atoms with Crippen molar-refractivity contribution in [2.75, 3.05) is 7.05 Å². The summed E-state index contributed by atoms with van der Waals surface area (Å²) in [6, 6.07) is 12.1. The average Bonchev–Trinajstić information content (AvgIpc) is 3.31. The second-order valence-corrected chi connectivity index (χ2v) is 8.19. The second-order valence-electron chi connectivity index (χ2n) is 8.19. The van der Waals surface area contributed by atoms with Gasteiger partial charge in [-0.3, -0.25) is 14.7 Å². The zero-order valence-corrected chi connectivity index (χ0v) is 17.6. The molecule has 158 valence electrons. The predicted molar refractivity (Wildman–Crippen MR) is 117 cm³/mol. The first-order chi connectivity index (χ1) is 14.7. The van der Waals surface area contributed by atoms with Crippen LogP contribution in [0.5, 0.6) is 0 Å². The summed E-state index contributed by atoms with van der Waals surface area (Å²) in [6.45, 7) is 5.39. The summed E-state index contributed by atoms with van der Waals surface area (Å²) in [6.07, 6.45) is 0.211. The number of aldehydes is 1. The third kappa shape index (κ3) is 3.68. The Bertz CT molecular complexity index is 1340. The normalized spacial score (nSPS) is 11.6. The highest BCUT2D eigenvalue weighted by atomic mass is 16.6. The molecule has 0 saturated carbocycles. The van der Waals surface area contributed by atoms with Gasteiger partial charge in [-0.05, 0) is 63.2 Å². The molecule has 31 heavy (non-hydrogen) atoms. The Hall–Kier alpha value is -3.94. The summed E-state index contributed by atoms with van der Waals surface area (Å²) in [5, 5.41) is 11.4. The Morgan fingerprint density at radius 1 is 1.13 bits per heavy atom. The number of ether oxygens (including phenoxy) is 1. The van der Waals surface area contributed by atoms with Crippen LogP contribution in [0.25, 0.3) is 33.2 Å². The maximum atomic E-state index is 13.1. The Morgan fingerprint density at radius 3 is 2.58 bits per heavy atom. The van der Waals surface area contributed by atoms with Crippen LogP contribution in [-0.4, -0.2) is 45.7 Å². The van der Waals surface area contributed by atoms with Crippen LogP contribution in [0.3, 0.4) is 0 Å². The summed E-state index contributed by atoms with van der Waals surface area (Å²) in [7, 11) is 1.57. The Kier molecular flexibility index (Phi) is 4.85. The number of amides is 1. The highest BCUT2D eigenvalue weighted by Crippen LogP contribution is 2.33. The van der Waals surface area contributed by atoms with Crippen molar-refractivity contribution in [3.63, 3.8) is 0 Å². The number of benzene rings is 2. The van der Waals surface area contributed by atoms with Crippen LogP contribution in [0, 0.1) is 0 Å². The summed E-state index contributed by atoms with van der Waals surface area (Å²) < 4.78 is 7.08. The van der Waals surface area contributed by atoms with Gasteiger partial charge in [0, 0.05) is 28.9 Å². The fourth-order valence-corrected chi connectivity index (χ4v) is 3.49. The fraction of sp³-hybridized carbons (Fsp3) is 0.217. The summed E-state index contributed by atoms with van der Waals surface area (Å²) in [5.74, 6) is -0.206. The van der Waals surface area contributed by atoms with E-state index in [1.54, 1.807) is 70.3 Å². The molecule has 0 unspecified atom stereocenters. The third-order valence-electron chi connectivity index (χ3n) is 4.83. The topological polar surface area (TPSA) is 106 Å². The van der Waals surface area contributed by atoms with Gasteiger partial charge in [0.25, 0.3) is 5.91 Å². The van der Waals surface area contributed by atoms with Gasteiger partial charge in [0.2, 0.25) is 0 Å². The number of aromatic nitrogens is 3. The van der Waals surface area contributed by atoms with E-state index in [1.165, 1.54) is 4.57 Å². The van der Waals surface area contributed by atoms with Gasteiger partial charge in [0.15, 0.2) is 0 Å². The van der Waals surface area contributed by atoms with E-state index in [4.69, 9.17) is 4.74 Å². The highest BCUT2D eigenvalue weighted by Gasteiger charge is 2.25. The lowest BCUT2D eigenvalue weighted by Gasteiger charge is -2.20. The SMILES string of the molecule is CNC(=O)c1ccc2c(-c3cc4cc(C=O)ccc4n3C(=O)OC(C)(C)C)n[nH]c2c1. The van der Waals surface area contributed by atoms with Gasteiger partial charge in [-0.1, -0.05) is 0 Å². The number of carbonyl (C=O) groups excluding carboxylic acids is 3. The maximum absolute atomic E-state index is 13.1. The molecular formula is C23H22N4O4. The van der Waals surface area contributed by atoms with Crippen molar-refractivity contribution < 1.29 is 19.1 Å². The molecule has 2 aromatic carbocycles. The third-order valence-corrected chi connectivity index (χ3v) is 4.83. The first-order valence-electron chi connectivity index (χ1n) is 9.76. The van der Waals surface area contributed by atoms with E-state index in [1.807, 2.05) is 0 Å². The predicted octanol–water partition coefficient (Wildman–Crippen LogP) is 4.14. The molecule has 0 atom stereocenters. The van der Waals surface area contributed by atoms with E-state index < -0.39 is 11.7 Å². The molecule has 0 aliphatic rings. The minimum atomic E-state index is -0.691. The highest BCUT2D eigenvalue weighted by molar-refractivity contribution is 6.04. The zero-order valence-electron chi connectivity index (χ0n) is 17.6. The van der Waals surface area contributed by atoms with Crippen LogP contribution < -0.4 is 5.32 Å². The van der Waals surface area contributed by atoms with Gasteiger partial charge in [0.1, 0.15) is 17.6 Å².